The lowest BCUT2D eigenvalue weighted by molar-refractivity contribution is -0.127. The maximum absolute atomic E-state index is 13.5. The van der Waals surface area contributed by atoms with Crippen LogP contribution in [0, 0.1) is 12.3 Å². The number of hydrogen-bond donors (Lipinski definition) is 0. The van der Waals surface area contributed by atoms with Crippen molar-refractivity contribution in [1.29, 1.82) is 0 Å². The number of carbonyl (C=O) groups excluding carboxylic acids is 1. The predicted octanol–water partition coefficient (Wildman–Crippen LogP) is 5.95. The number of benzene rings is 2. The molecule has 1 amide bonds. The molecule has 174 valence electrons. The first kappa shape index (κ1) is 24.6. The highest BCUT2D eigenvalue weighted by Crippen LogP contribution is 2.42. The summed E-state index contributed by atoms with van der Waals surface area (Å²) >= 11 is 5.90. The number of ether oxygens (including phenoxy) is 1. The fourth-order valence-electron chi connectivity index (χ4n) is 3.88. The summed E-state index contributed by atoms with van der Waals surface area (Å²) in [5, 5.41) is 0.488. The zero-order chi connectivity index (χ0) is 23.7. The van der Waals surface area contributed by atoms with Gasteiger partial charge in [0.2, 0.25) is 5.91 Å². The zero-order valence-corrected chi connectivity index (χ0v) is 21.0. The van der Waals surface area contributed by atoms with Crippen LogP contribution < -0.4 is 9.64 Å². The van der Waals surface area contributed by atoms with Gasteiger partial charge >= 0.3 is 0 Å². The normalized spacial score (nSPS) is 14.7. The van der Waals surface area contributed by atoms with Crippen LogP contribution in [-0.4, -0.2) is 27.5 Å². The van der Waals surface area contributed by atoms with E-state index in [1.165, 1.54) is 12.1 Å². The molecule has 0 radical (unpaired) electrons. The number of sulfone groups is 1. The van der Waals surface area contributed by atoms with Gasteiger partial charge in [-0.1, -0.05) is 38.4 Å². The van der Waals surface area contributed by atoms with Crippen molar-refractivity contribution >= 4 is 33.0 Å². The maximum Gasteiger partial charge on any atom is 0.233 e. The average molecular weight is 478 g/mol. The van der Waals surface area contributed by atoms with E-state index in [1.807, 2.05) is 38.7 Å². The maximum atomic E-state index is 13.5. The van der Waals surface area contributed by atoms with Crippen molar-refractivity contribution in [3.63, 3.8) is 0 Å². The number of methoxy groups -OCH3 is 1. The summed E-state index contributed by atoms with van der Waals surface area (Å²) in [5.41, 5.74) is 1.70. The van der Waals surface area contributed by atoms with E-state index in [9.17, 15) is 13.2 Å². The van der Waals surface area contributed by atoms with Crippen molar-refractivity contribution in [3.8, 4) is 5.75 Å². The van der Waals surface area contributed by atoms with Crippen LogP contribution in [0.2, 0.25) is 5.02 Å². The largest absolute Gasteiger partial charge is 0.495 e. The molecule has 7 heteroatoms. The highest BCUT2D eigenvalue weighted by molar-refractivity contribution is 7.90. The number of halogens is 1. The third-order valence-electron chi connectivity index (χ3n) is 6.44. The lowest BCUT2D eigenvalue weighted by Gasteiger charge is -2.42. The van der Waals surface area contributed by atoms with Gasteiger partial charge in [0.25, 0.3) is 0 Å². The van der Waals surface area contributed by atoms with Gasteiger partial charge in [-0.2, -0.15) is 0 Å². The molecule has 3 rings (SSSR count). The Labute approximate surface area is 196 Å². The van der Waals surface area contributed by atoms with Gasteiger partial charge in [-0.15, -0.1) is 0 Å². The van der Waals surface area contributed by atoms with Gasteiger partial charge < -0.3 is 9.64 Å². The molecule has 5 nitrogen and oxygen atoms in total. The van der Waals surface area contributed by atoms with Crippen molar-refractivity contribution in [3.05, 3.63) is 52.5 Å². The number of carbonyl (C=O) groups is 1. The van der Waals surface area contributed by atoms with E-state index in [2.05, 4.69) is 0 Å². The third kappa shape index (κ3) is 4.96. The first-order chi connectivity index (χ1) is 15.0. The monoisotopic (exact) mass is 477 g/mol. The molecule has 2 aromatic carbocycles. The third-order valence-corrected chi connectivity index (χ3v) is 8.39. The fourth-order valence-corrected chi connectivity index (χ4v) is 5.33. The number of anilines is 1. The van der Waals surface area contributed by atoms with Crippen molar-refractivity contribution in [1.82, 2.24) is 0 Å². The highest BCUT2D eigenvalue weighted by Gasteiger charge is 2.39. The molecule has 0 spiro atoms. The lowest BCUT2D eigenvalue weighted by atomic mass is 9.84. The molecule has 1 saturated carbocycles. The molecule has 0 N–H and O–H groups in total. The number of aryl methyl sites for hydroxylation is 1. The minimum absolute atomic E-state index is 0.0765. The van der Waals surface area contributed by atoms with Crippen molar-refractivity contribution in [2.75, 3.05) is 12.0 Å². The first-order valence-electron chi connectivity index (χ1n) is 11.0. The van der Waals surface area contributed by atoms with Crippen molar-refractivity contribution in [2.24, 2.45) is 5.41 Å². The van der Waals surface area contributed by atoms with Gasteiger partial charge in [0.1, 0.15) is 5.75 Å². The molecule has 1 aliphatic carbocycles. The molecule has 1 aliphatic rings. The van der Waals surface area contributed by atoms with Gasteiger partial charge in [-0.3, -0.25) is 4.79 Å². The molecule has 0 bridgehead atoms. The molecule has 0 aromatic heterocycles. The smallest absolute Gasteiger partial charge is 0.233 e. The summed E-state index contributed by atoms with van der Waals surface area (Å²) in [4.78, 5) is 15.7. The Kier molecular flexibility index (Phi) is 7.25. The van der Waals surface area contributed by atoms with E-state index < -0.39 is 15.3 Å². The van der Waals surface area contributed by atoms with Gasteiger partial charge in [0, 0.05) is 16.5 Å². The Morgan fingerprint density at radius 2 is 1.81 bits per heavy atom. The van der Waals surface area contributed by atoms with E-state index >= 15 is 0 Å². The second-order valence-corrected chi connectivity index (χ2v) is 11.6. The van der Waals surface area contributed by atoms with Gasteiger partial charge in [0.15, 0.2) is 9.84 Å². The van der Waals surface area contributed by atoms with Gasteiger partial charge in [0.05, 0.1) is 23.4 Å². The molecule has 32 heavy (non-hydrogen) atoms. The first-order valence-corrected chi connectivity index (χ1v) is 13.0. The molecule has 0 unspecified atom stereocenters. The number of amides is 1. The van der Waals surface area contributed by atoms with Crippen molar-refractivity contribution in [2.45, 2.75) is 70.1 Å². The zero-order valence-electron chi connectivity index (χ0n) is 19.4. The van der Waals surface area contributed by atoms with E-state index in [0.717, 1.165) is 36.9 Å². The van der Waals surface area contributed by atoms with E-state index in [0.29, 0.717) is 16.3 Å². The molecule has 1 fully saturated rings. The summed E-state index contributed by atoms with van der Waals surface area (Å²) in [7, 11) is -1.99. The quantitative estimate of drug-likeness (QED) is 0.471. The second kappa shape index (κ2) is 9.44. The van der Waals surface area contributed by atoms with Crippen LogP contribution in [-0.2, 0) is 20.4 Å². The molecule has 2 aromatic rings. The summed E-state index contributed by atoms with van der Waals surface area (Å²) in [6, 6.07) is 9.91. The molecule has 0 heterocycles. The van der Waals surface area contributed by atoms with Gasteiger partial charge in [-0.05, 0) is 74.1 Å². The van der Waals surface area contributed by atoms with Gasteiger partial charge in [-0.25, -0.2) is 8.42 Å². The minimum Gasteiger partial charge on any atom is -0.495 e. The molecule has 0 atom stereocenters. The second-order valence-electron chi connectivity index (χ2n) is 9.17. The standard InChI is InChI=1S/C25H32ClNO4S/c1-6-25(3,4)24(28)27(20-8-7-9-20)23-17(2)14-18(15-22(23)31-5)16-32(29,30)21-12-10-19(26)11-13-21/h10-15,20H,6-9,16H2,1-5H3. The van der Waals surface area contributed by atoms with E-state index in [4.69, 9.17) is 16.3 Å². The summed E-state index contributed by atoms with van der Waals surface area (Å²) in [5.74, 6) is 0.440. The Morgan fingerprint density at radius 1 is 1.19 bits per heavy atom. The van der Waals surface area contributed by atoms with E-state index in [1.54, 1.807) is 25.3 Å². The number of nitrogens with zero attached hydrogens (tertiary/aromatic N) is 1. The summed E-state index contributed by atoms with van der Waals surface area (Å²) in [6.45, 7) is 7.87. The predicted molar refractivity (Wildman–Crippen MR) is 129 cm³/mol. The Morgan fingerprint density at radius 3 is 2.31 bits per heavy atom. The van der Waals surface area contributed by atoms with Crippen LogP contribution in [0.4, 0.5) is 5.69 Å². The van der Waals surface area contributed by atoms with Crippen LogP contribution in [0.3, 0.4) is 0 Å². The Bertz CT molecular complexity index is 1090. The Hall–Kier alpha value is -2.05. The lowest BCUT2D eigenvalue weighted by Crippen LogP contribution is -2.50. The highest BCUT2D eigenvalue weighted by atomic mass is 35.5. The molecule has 0 saturated heterocycles. The SMILES string of the molecule is CCC(C)(C)C(=O)N(c1c(C)cc(CS(=O)(=O)c2ccc(Cl)cc2)cc1OC)C1CCC1. The minimum atomic E-state index is -3.55. The number of rotatable bonds is 8. The topological polar surface area (TPSA) is 63.7 Å². The summed E-state index contributed by atoms with van der Waals surface area (Å²) in [6.07, 6.45) is 3.75. The van der Waals surface area contributed by atoms with Crippen LogP contribution in [0.25, 0.3) is 0 Å². The molecular formula is C25H32ClNO4S. The van der Waals surface area contributed by atoms with Crippen LogP contribution in [0.5, 0.6) is 5.75 Å². The molecule has 0 aliphatic heterocycles. The fraction of sp³-hybridized carbons (Fsp3) is 0.480. The summed E-state index contributed by atoms with van der Waals surface area (Å²) < 4.78 is 31.6. The Balaban J connectivity index is 2.01. The van der Waals surface area contributed by atoms with Crippen LogP contribution >= 0.6 is 11.6 Å². The van der Waals surface area contributed by atoms with Crippen molar-refractivity contribution < 1.29 is 17.9 Å². The average Bonchev–Trinajstić information content (AvgIpc) is 2.70. The molecular weight excluding hydrogens is 446 g/mol. The van der Waals surface area contributed by atoms with E-state index in [-0.39, 0.29) is 22.6 Å². The van der Waals surface area contributed by atoms with Crippen LogP contribution in [0.1, 0.15) is 57.6 Å². The number of hydrogen-bond acceptors (Lipinski definition) is 4. The van der Waals surface area contributed by atoms with Crippen LogP contribution in [0.15, 0.2) is 41.3 Å².